The number of amides is 3. The minimum atomic E-state index is -0.346. The number of hydrogen-bond acceptors (Lipinski definition) is 3. The molecule has 0 heterocycles. The lowest BCUT2D eigenvalue weighted by Crippen LogP contribution is -2.35. The molecule has 0 aliphatic carbocycles. The van der Waals surface area contributed by atoms with E-state index in [-0.39, 0.29) is 37.2 Å². The number of halogens is 1. The van der Waals surface area contributed by atoms with E-state index in [4.69, 9.17) is 11.6 Å². The third-order valence-electron chi connectivity index (χ3n) is 4.22. The Morgan fingerprint density at radius 3 is 2.28 bits per heavy atom. The molecule has 0 radical (unpaired) electrons. The zero-order chi connectivity index (χ0) is 20.6. The number of rotatable bonds is 7. The van der Waals surface area contributed by atoms with Crippen LogP contribution in [0.2, 0.25) is 5.02 Å². The van der Waals surface area contributed by atoms with Gasteiger partial charge >= 0.3 is 0 Å². The lowest BCUT2D eigenvalue weighted by molar-refractivity contribution is -0.124. The van der Waals surface area contributed by atoms with Gasteiger partial charge in [-0.05, 0) is 47.2 Å². The fourth-order valence-corrected chi connectivity index (χ4v) is 2.85. The van der Waals surface area contributed by atoms with Gasteiger partial charge in [0.05, 0.1) is 6.54 Å². The molecule has 3 aromatic rings. The van der Waals surface area contributed by atoms with Gasteiger partial charge in [-0.25, -0.2) is 0 Å². The Morgan fingerprint density at radius 1 is 0.793 bits per heavy atom. The van der Waals surface area contributed by atoms with Crippen LogP contribution in [0.5, 0.6) is 0 Å². The third kappa shape index (κ3) is 6.05. The molecule has 0 aliphatic heterocycles. The van der Waals surface area contributed by atoms with E-state index in [9.17, 15) is 14.4 Å². The highest BCUT2D eigenvalue weighted by molar-refractivity contribution is 6.30. The maximum absolute atomic E-state index is 12.2. The van der Waals surface area contributed by atoms with Gasteiger partial charge in [-0.15, -0.1) is 0 Å². The van der Waals surface area contributed by atoms with E-state index in [0.717, 1.165) is 10.8 Å². The molecular weight excluding hydrogens is 390 g/mol. The molecule has 0 aliphatic rings. The fourth-order valence-electron chi connectivity index (χ4n) is 2.73. The predicted molar refractivity (Wildman–Crippen MR) is 114 cm³/mol. The van der Waals surface area contributed by atoms with Gasteiger partial charge in [0.1, 0.15) is 0 Å². The van der Waals surface area contributed by atoms with Crippen molar-refractivity contribution in [3.63, 3.8) is 0 Å². The molecule has 0 unspecified atom stereocenters. The molecule has 3 aromatic carbocycles. The largest absolute Gasteiger partial charge is 0.352 e. The minimum absolute atomic E-state index is 0.0769. The monoisotopic (exact) mass is 409 g/mol. The van der Waals surface area contributed by atoms with Crippen molar-refractivity contribution in [1.82, 2.24) is 10.6 Å². The van der Waals surface area contributed by atoms with Gasteiger partial charge < -0.3 is 16.0 Å². The van der Waals surface area contributed by atoms with Crippen LogP contribution in [0.4, 0.5) is 5.69 Å². The molecule has 0 saturated carbocycles. The molecule has 6 nitrogen and oxygen atoms in total. The van der Waals surface area contributed by atoms with Gasteiger partial charge in [-0.2, -0.15) is 0 Å². The summed E-state index contributed by atoms with van der Waals surface area (Å²) in [6, 6.07) is 19.9. The van der Waals surface area contributed by atoms with Crippen LogP contribution < -0.4 is 16.0 Å². The van der Waals surface area contributed by atoms with Crippen LogP contribution in [0.3, 0.4) is 0 Å². The average Bonchev–Trinajstić information content (AvgIpc) is 2.73. The van der Waals surface area contributed by atoms with Gasteiger partial charge in [-0.1, -0.05) is 41.9 Å². The molecule has 7 heteroatoms. The van der Waals surface area contributed by atoms with E-state index < -0.39 is 0 Å². The Morgan fingerprint density at radius 2 is 1.52 bits per heavy atom. The van der Waals surface area contributed by atoms with E-state index in [1.165, 1.54) is 0 Å². The Bertz CT molecular complexity index is 1030. The summed E-state index contributed by atoms with van der Waals surface area (Å²) in [4.78, 5) is 36.0. The maximum Gasteiger partial charge on any atom is 0.251 e. The van der Waals surface area contributed by atoms with Crippen LogP contribution in [-0.2, 0) is 9.59 Å². The second kappa shape index (κ2) is 9.71. The molecule has 3 N–H and O–H groups in total. The highest BCUT2D eigenvalue weighted by Crippen LogP contribution is 2.15. The first-order valence-corrected chi connectivity index (χ1v) is 9.48. The Hall–Kier alpha value is -3.38. The summed E-state index contributed by atoms with van der Waals surface area (Å²) in [5, 5.41) is 10.5. The van der Waals surface area contributed by atoms with Crippen LogP contribution in [0.15, 0.2) is 66.7 Å². The second-order valence-electron chi connectivity index (χ2n) is 6.40. The number of anilines is 1. The van der Waals surface area contributed by atoms with Crippen molar-refractivity contribution >= 4 is 45.8 Å². The van der Waals surface area contributed by atoms with E-state index in [2.05, 4.69) is 16.0 Å². The Labute approximate surface area is 173 Å². The molecule has 3 amide bonds. The summed E-state index contributed by atoms with van der Waals surface area (Å²) in [7, 11) is 0. The molecule has 0 atom stereocenters. The molecule has 0 bridgehead atoms. The van der Waals surface area contributed by atoms with Crippen LogP contribution in [0.25, 0.3) is 10.8 Å². The van der Waals surface area contributed by atoms with Crippen molar-refractivity contribution in [2.45, 2.75) is 6.42 Å². The second-order valence-corrected chi connectivity index (χ2v) is 6.84. The van der Waals surface area contributed by atoms with E-state index in [1.807, 2.05) is 36.4 Å². The minimum Gasteiger partial charge on any atom is -0.352 e. The number of hydrogen-bond donors (Lipinski definition) is 3. The summed E-state index contributed by atoms with van der Waals surface area (Å²) in [5.41, 5.74) is 1.13. The normalized spacial score (nSPS) is 10.4. The zero-order valence-electron chi connectivity index (χ0n) is 15.6. The standard InChI is InChI=1S/C22H20ClN3O3/c23-18-7-9-19(10-8-18)26-21(28)14-25-20(27)11-12-24-22(29)17-6-5-15-3-1-2-4-16(15)13-17/h1-10,13H,11-12,14H2,(H,24,29)(H,25,27)(H,26,28). The van der Waals surface area contributed by atoms with Gasteiger partial charge in [0.2, 0.25) is 11.8 Å². The quantitative estimate of drug-likeness (QED) is 0.559. The third-order valence-corrected chi connectivity index (χ3v) is 4.48. The van der Waals surface area contributed by atoms with Gasteiger partial charge in [0, 0.05) is 29.2 Å². The highest BCUT2D eigenvalue weighted by atomic mass is 35.5. The first-order valence-electron chi connectivity index (χ1n) is 9.10. The molecule has 0 saturated heterocycles. The molecule has 3 rings (SSSR count). The van der Waals surface area contributed by atoms with Crippen molar-refractivity contribution in [3.05, 3.63) is 77.3 Å². The van der Waals surface area contributed by atoms with Gasteiger partial charge in [0.15, 0.2) is 0 Å². The first-order chi connectivity index (χ1) is 14.0. The zero-order valence-corrected chi connectivity index (χ0v) is 16.3. The van der Waals surface area contributed by atoms with Crippen molar-refractivity contribution in [2.24, 2.45) is 0 Å². The number of carbonyl (C=O) groups excluding carboxylic acids is 3. The number of benzene rings is 3. The Kier molecular flexibility index (Phi) is 6.81. The van der Waals surface area contributed by atoms with Crippen LogP contribution in [0, 0.1) is 0 Å². The lowest BCUT2D eigenvalue weighted by atomic mass is 10.1. The molecule has 148 valence electrons. The summed E-state index contributed by atoms with van der Waals surface area (Å²) in [6.07, 6.45) is 0.0769. The molecule has 0 spiro atoms. The maximum atomic E-state index is 12.2. The highest BCUT2D eigenvalue weighted by Gasteiger charge is 2.09. The Balaban J connectivity index is 1.39. The molecule has 0 aromatic heterocycles. The van der Waals surface area contributed by atoms with Crippen molar-refractivity contribution in [3.8, 4) is 0 Å². The van der Waals surface area contributed by atoms with Crippen molar-refractivity contribution in [2.75, 3.05) is 18.4 Å². The van der Waals surface area contributed by atoms with Crippen molar-refractivity contribution < 1.29 is 14.4 Å². The fraction of sp³-hybridized carbons (Fsp3) is 0.136. The van der Waals surface area contributed by atoms with Crippen LogP contribution >= 0.6 is 11.6 Å². The van der Waals surface area contributed by atoms with E-state index >= 15 is 0 Å². The molecular formula is C22H20ClN3O3. The number of fused-ring (bicyclic) bond motifs is 1. The molecule has 29 heavy (non-hydrogen) atoms. The summed E-state index contributed by atoms with van der Waals surface area (Å²) in [6.45, 7) is 0.0242. The van der Waals surface area contributed by atoms with Crippen LogP contribution in [0.1, 0.15) is 16.8 Å². The number of carbonyl (C=O) groups is 3. The van der Waals surface area contributed by atoms with E-state index in [0.29, 0.717) is 16.3 Å². The average molecular weight is 410 g/mol. The first kappa shape index (κ1) is 20.4. The summed E-state index contributed by atoms with van der Waals surface area (Å²) in [5.74, 6) is -0.917. The summed E-state index contributed by atoms with van der Waals surface area (Å²) >= 11 is 5.79. The summed E-state index contributed by atoms with van der Waals surface area (Å²) < 4.78 is 0. The van der Waals surface area contributed by atoms with Crippen molar-refractivity contribution in [1.29, 1.82) is 0 Å². The smallest absolute Gasteiger partial charge is 0.251 e. The van der Waals surface area contributed by atoms with E-state index in [1.54, 1.807) is 30.3 Å². The SMILES string of the molecule is O=C(CCNC(=O)c1ccc2ccccc2c1)NCC(=O)Nc1ccc(Cl)cc1. The lowest BCUT2D eigenvalue weighted by Gasteiger charge is -2.08. The number of nitrogens with one attached hydrogen (secondary N) is 3. The van der Waals surface area contributed by atoms with Crippen LogP contribution in [-0.4, -0.2) is 30.8 Å². The van der Waals surface area contributed by atoms with Gasteiger partial charge in [0.25, 0.3) is 5.91 Å². The van der Waals surface area contributed by atoms with Gasteiger partial charge in [-0.3, -0.25) is 14.4 Å². The molecule has 0 fully saturated rings. The predicted octanol–water partition coefficient (Wildman–Crippen LogP) is 3.37. The topological polar surface area (TPSA) is 87.3 Å².